The Morgan fingerprint density at radius 3 is 2.00 bits per heavy atom. The first-order valence-corrected chi connectivity index (χ1v) is 16.2. The normalized spacial score (nSPS) is 17.6. The molecule has 1 unspecified atom stereocenters. The summed E-state index contributed by atoms with van der Waals surface area (Å²) in [5.41, 5.74) is 0. The number of allylic oxidation sites excluding steroid dienone is 2. The molecule has 20 heavy (non-hydrogen) atoms. The first-order chi connectivity index (χ1) is 9.79. The van der Waals surface area contributed by atoms with Crippen LogP contribution in [-0.2, 0) is 0 Å². The van der Waals surface area contributed by atoms with Gasteiger partial charge in [0.2, 0.25) is 0 Å². The molecule has 0 N–H and O–H groups in total. The van der Waals surface area contributed by atoms with Gasteiger partial charge in [-0.05, 0) is 0 Å². The van der Waals surface area contributed by atoms with E-state index in [9.17, 15) is 0 Å². The Hall–Kier alpha value is -0.231. The molecule has 0 aromatic carbocycles. The van der Waals surface area contributed by atoms with Crippen LogP contribution in [0.2, 0.25) is 13.3 Å². The molecule has 1 rings (SSSR count). The van der Waals surface area contributed by atoms with Crippen LogP contribution in [0.4, 0.5) is 0 Å². The first kappa shape index (κ1) is 17.8. The molecule has 0 spiro atoms. The SMILES string of the molecule is CCC[CH2][Sn]([CH2]CCC)([CH2]CCC)[CH]1C#CC=CC=N1. The van der Waals surface area contributed by atoms with Gasteiger partial charge in [-0.25, -0.2) is 0 Å². The van der Waals surface area contributed by atoms with Gasteiger partial charge in [-0.2, -0.15) is 0 Å². The number of nitrogens with zero attached hydrogens (tertiary/aromatic N) is 1. The van der Waals surface area contributed by atoms with E-state index in [2.05, 4.69) is 32.6 Å². The summed E-state index contributed by atoms with van der Waals surface area (Å²) in [4.78, 5) is 4.86. The predicted octanol–water partition coefficient (Wildman–Crippen LogP) is 5.39. The molecule has 0 saturated heterocycles. The van der Waals surface area contributed by atoms with Gasteiger partial charge in [0.15, 0.2) is 0 Å². The van der Waals surface area contributed by atoms with Gasteiger partial charge in [0.1, 0.15) is 0 Å². The van der Waals surface area contributed by atoms with Crippen molar-refractivity contribution >= 4 is 24.6 Å². The Balaban J connectivity index is 2.93. The fourth-order valence-corrected chi connectivity index (χ4v) is 18.9. The standard InChI is InChI=1S/C6H4N.3C4H9.Sn/c1-2-4-6-7-5-3-1;3*1-3-4-2;/h1,3,5-6H;3*1,3-4H2,2H3;. The monoisotopic (exact) mass is 381 g/mol. The molecule has 0 amide bonds. The fourth-order valence-electron chi connectivity index (χ4n) is 3.07. The summed E-state index contributed by atoms with van der Waals surface area (Å²) in [5.74, 6) is 6.74. The van der Waals surface area contributed by atoms with Crippen LogP contribution in [0.1, 0.15) is 59.3 Å². The van der Waals surface area contributed by atoms with Crippen LogP contribution in [0, 0.1) is 11.8 Å². The summed E-state index contributed by atoms with van der Waals surface area (Å²) in [6, 6.07) is 0. The summed E-state index contributed by atoms with van der Waals surface area (Å²) in [6.45, 7) is 6.96. The Labute approximate surface area is 130 Å². The summed E-state index contributed by atoms with van der Waals surface area (Å²) < 4.78 is 4.87. The summed E-state index contributed by atoms with van der Waals surface area (Å²) >= 11 is -2.27. The van der Waals surface area contributed by atoms with Crippen molar-refractivity contribution in [3.63, 3.8) is 0 Å². The van der Waals surface area contributed by atoms with E-state index in [0.717, 1.165) is 0 Å². The molecule has 1 nitrogen and oxygen atoms in total. The second kappa shape index (κ2) is 10.5. The van der Waals surface area contributed by atoms with Gasteiger partial charge in [-0.1, -0.05) is 0 Å². The zero-order valence-electron chi connectivity index (χ0n) is 13.6. The van der Waals surface area contributed by atoms with Gasteiger partial charge in [-0.15, -0.1) is 0 Å². The molecule has 0 aromatic rings. The zero-order valence-corrected chi connectivity index (χ0v) is 16.5. The Bertz CT molecular complexity index is 351. The van der Waals surface area contributed by atoms with Gasteiger partial charge < -0.3 is 0 Å². The summed E-state index contributed by atoms with van der Waals surface area (Å²) in [5, 5.41) is 0. The fraction of sp³-hybridized carbons (Fsp3) is 0.722. The minimum atomic E-state index is -2.27. The average molecular weight is 380 g/mol. The van der Waals surface area contributed by atoms with E-state index in [4.69, 9.17) is 4.99 Å². The maximum atomic E-state index is 4.86. The summed E-state index contributed by atoms with van der Waals surface area (Å²) in [7, 11) is 0. The van der Waals surface area contributed by atoms with Gasteiger partial charge in [-0.3, -0.25) is 0 Å². The van der Waals surface area contributed by atoms with E-state index in [1.165, 1.54) is 51.8 Å². The minimum absolute atomic E-state index is 0.406. The van der Waals surface area contributed by atoms with E-state index in [1.54, 1.807) is 0 Å². The molecule has 0 saturated carbocycles. The third kappa shape index (κ3) is 5.64. The quantitative estimate of drug-likeness (QED) is 0.356. The van der Waals surface area contributed by atoms with Crippen molar-refractivity contribution in [3.05, 3.63) is 12.2 Å². The number of hydrogen-bond donors (Lipinski definition) is 0. The maximum absolute atomic E-state index is 4.86. The van der Waals surface area contributed by atoms with Crippen molar-refractivity contribution in [2.75, 3.05) is 0 Å². The Kier molecular flexibility index (Phi) is 9.35. The zero-order chi connectivity index (χ0) is 14.7. The van der Waals surface area contributed by atoms with E-state index >= 15 is 0 Å². The van der Waals surface area contributed by atoms with Gasteiger partial charge >= 0.3 is 130 Å². The van der Waals surface area contributed by atoms with Crippen LogP contribution in [0.25, 0.3) is 0 Å². The molecule has 0 radical (unpaired) electrons. The van der Waals surface area contributed by atoms with Crippen molar-refractivity contribution in [1.29, 1.82) is 0 Å². The van der Waals surface area contributed by atoms with Crippen LogP contribution in [0.3, 0.4) is 0 Å². The van der Waals surface area contributed by atoms with Crippen molar-refractivity contribution in [2.24, 2.45) is 4.99 Å². The van der Waals surface area contributed by atoms with Gasteiger partial charge in [0, 0.05) is 0 Å². The third-order valence-electron chi connectivity index (χ3n) is 4.39. The number of hydrogen-bond acceptors (Lipinski definition) is 1. The molecule has 0 bridgehead atoms. The Morgan fingerprint density at radius 2 is 1.50 bits per heavy atom. The second-order valence-corrected chi connectivity index (χ2v) is 19.6. The topological polar surface area (TPSA) is 12.4 Å². The van der Waals surface area contributed by atoms with E-state index in [1.807, 2.05) is 18.4 Å². The van der Waals surface area contributed by atoms with E-state index < -0.39 is 18.4 Å². The molecular formula is C18H31NSn. The number of unbranched alkanes of at least 4 members (excludes halogenated alkanes) is 3. The predicted molar refractivity (Wildman–Crippen MR) is 94.1 cm³/mol. The number of aliphatic imine (C=N–C) groups is 1. The first-order valence-electron chi connectivity index (χ1n) is 8.48. The number of rotatable bonds is 10. The third-order valence-corrected chi connectivity index (χ3v) is 20.1. The molecule has 1 aliphatic heterocycles. The van der Waals surface area contributed by atoms with Crippen LogP contribution >= 0.6 is 0 Å². The molecule has 1 aliphatic rings. The molecule has 0 fully saturated rings. The molecular weight excluding hydrogens is 349 g/mol. The van der Waals surface area contributed by atoms with Crippen molar-refractivity contribution in [2.45, 2.75) is 76.7 Å². The molecule has 0 aliphatic carbocycles. The second-order valence-electron chi connectivity index (χ2n) is 6.02. The van der Waals surface area contributed by atoms with Crippen molar-refractivity contribution in [3.8, 4) is 11.8 Å². The van der Waals surface area contributed by atoms with E-state index in [-0.39, 0.29) is 0 Å². The average Bonchev–Trinajstić information content (AvgIpc) is 2.76. The molecule has 112 valence electrons. The molecule has 1 heterocycles. The molecule has 2 heteroatoms. The van der Waals surface area contributed by atoms with E-state index in [0.29, 0.717) is 4.06 Å². The van der Waals surface area contributed by atoms with Gasteiger partial charge in [0.25, 0.3) is 0 Å². The van der Waals surface area contributed by atoms with Gasteiger partial charge in [0.05, 0.1) is 0 Å². The molecule has 1 atom stereocenters. The van der Waals surface area contributed by atoms with Crippen LogP contribution in [-0.4, -0.2) is 28.6 Å². The molecule has 0 aromatic heterocycles. The van der Waals surface area contributed by atoms with Crippen LogP contribution < -0.4 is 0 Å². The Morgan fingerprint density at radius 1 is 0.950 bits per heavy atom. The van der Waals surface area contributed by atoms with Crippen LogP contribution in [0.15, 0.2) is 17.1 Å². The van der Waals surface area contributed by atoms with Crippen molar-refractivity contribution in [1.82, 2.24) is 0 Å². The summed E-state index contributed by atoms with van der Waals surface area (Å²) in [6.07, 6.45) is 14.1. The van der Waals surface area contributed by atoms with Crippen molar-refractivity contribution < 1.29 is 0 Å². The van der Waals surface area contributed by atoms with Crippen LogP contribution in [0.5, 0.6) is 0 Å².